The number of nitrogens with zero attached hydrogens (tertiary/aromatic N) is 2. The van der Waals surface area contributed by atoms with E-state index in [1.54, 1.807) is 7.05 Å². The van der Waals surface area contributed by atoms with Crippen LogP contribution in [0.3, 0.4) is 0 Å². The number of anilines is 2. The number of rotatable bonds is 3. The van der Waals surface area contributed by atoms with Crippen LogP contribution in [0.25, 0.3) is 0 Å². The summed E-state index contributed by atoms with van der Waals surface area (Å²) in [4.78, 5) is 2.29. The smallest absolute Gasteiger partial charge is 0.231 e. The van der Waals surface area contributed by atoms with Crippen molar-refractivity contribution < 1.29 is 8.42 Å². The third-order valence-electron chi connectivity index (χ3n) is 3.19. The highest BCUT2D eigenvalue weighted by atomic mass is 32.2. The van der Waals surface area contributed by atoms with Gasteiger partial charge in [0.15, 0.2) is 0 Å². The van der Waals surface area contributed by atoms with Crippen LogP contribution in [0.2, 0.25) is 0 Å². The van der Waals surface area contributed by atoms with Crippen LogP contribution in [0.4, 0.5) is 11.4 Å². The molecule has 100 valence electrons. The van der Waals surface area contributed by atoms with Gasteiger partial charge in [0.2, 0.25) is 10.0 Å². The Hall–Kier alpha value is -1.27. The second-order valence-electron chi connectivity index (χ2n) is 4.48. The van der Waals surface area contributed by atoms with E-state index >= 15 is 0 Å². The van der Waals surface area contributed by atoms with Crippen LogP contribution in [0.1, 0.15) is 0 Å². The lowest BCUT2D eigenvalue weighted by Crippen LogP contribution is -2.43. The Balaban J connectivity index is 2.14. The molecule has 1 fully saturated rings. The first-order chi connectivity index (χ1) is 8.48. The summed E-state index contributed by atoms with van der Waals surface area (Å²) in [5, 5.41) is 3.30. The lowest BCUT2D eigenvalue weighted by atomic mass is 10.2. The largest absolute Gasteiger partial charge is 0.369 e. The Morgan fingerprint density at radius 3 is 2.22 bits per heavy atom. The minimum Gasteiger partial charge on any atom is -0.369 e. The van der Waals surface area contributed by atoms with Gasteiger partial charge in [-0.2, -0.15) is 0 Å². The van der Waals surface area contributed by atoms with Crippen molar-refractivity contribution in [2.75, 3.05) is 48.7 Å². The van der Waals surface area contributed by atoms with E-state index in [1.807, 2.05) is 24.3 Å². The second-order valence-corrected chi connectivity index (χ2v) is 6.50. The molecule has 0 aliphatic carbocycles. The number of nitrogens with one attached hydrogen (secondary N) is 1. The van der Waals surface area contributed by atoms with Gasteiger partial charge >= 0.3 is 0 Å². The molecule has 18 heavy (non-hydrogen) atoms. The number of sulfonamides is 1. The summed E-state index contributed by atoms with van der Waals surface area (Å²) >= 11 is 0. The summed E-state index contributed by atoms with van der Waals surface area (Å²) in [6, 6.07) is 7.64. The summed E-state index contributed by atoms with van der Waals surface area (Å²) in [6.45, 7) is 3.96. The lowest BCUT2D eigenvalue weighted by Gasteiger charge is -2.29. The molecule has 0 amide bonds. The fourth-order valence-corrected chi connectivity index (χ4v) is 2.49. The van der Waals surface area contributed by atoms with Crippen LogP contribution in [-0.4, -0.2) is 47.9 Å². The second kappa shape index (κ2) is 5.16. The molecule has 1 saturated heterocycles. The molecular weight excluding hydrogens is 250 g/mol. The van der Waals surface area contributed by atoms with E-state index < -0.39 is 10.0 Å². The minimum atomic E-state index is -3.18. The molecule has 2 rings (SSSR count). The number of hydrogen-bond acceptors (Lipinski definition) is 4. The third kappa shape index (κ3) is 2.94. The fraction of sp³-hybridized carbons (Fsp3) is 0.500. The Labute approximate surface area is 108 Å². The van der Waals surface area contributed by atoms with E-state index in [9.17, 15) is 8.42 Å². The van der Waals surface area contributed by atoms with Crippen LogP contribution in [0, 0.1) is 0 Å². The van der Waals surface area contributed by atoms with Crippen molar-refractivity contribution in [3.8, 4) is 0 Å². The summed E-state index contributed by atoms with van der Waals surface area (Å²) in [6.07, 6.45) is 1.21. The van der Waals surface area contributed by atoms with Crippen molar-refractivity contribution in [2.24, 2.45) is 0 Å². The van der Waals surface area contributed by atoms with Gasteiger partial charge in [0.25, 0.3) is 0 Å². The highest BCUT2D eigenvalue weighted by Crippen LogP contribution is 2.21. The van der Waals surface area contributed by atoms with Gasteiger partial charge in [-0.15, -0.1) is 0 Å². The molecule has 1 N–H and O–H groups in total. The van der Waals surface area contributed by atoms with Crippen LogP contribution in [-0.2, 0) is 10.0 Å². The van der Waals surface area contributed by atoms with Crippen molar-refractivity contribution in [3.63, 3.8) is 0 Å². The molecule has 0 atom stereocenters. The minimum absolute atomic E-state index is 0.691. The summed E-state index contributed by atoms with van der Waals surface area (Å²) in [7, 11) is -1.62. The average Bonchev–Trinajstić information content (AvgIpc) is 2.38. The zero-order valence-electron chi connectivity index (χ0n) is 10.8. The first kappa shape index (κ1) is 13.2. The van der Waals surface area contributed by atoms with Crippen LogP contribution >= 0.6 is 0 Å². The zero-order valence-corrected chi connectivity index (χ0v) is 11.6. The van der Waals surface area contributed by atoms with Crippen molar-refractivity contribution in [1.29, 1.82) is 0 Å². The first-order valence-corrected chi connectivity index (χ1v) is 7.83. The van der Waals surface area contributed by atoms with Gasteiger partial charge in [-0.25, -0.2) is 8.42 Å². The maximum atomic E-state index is 11.4. The van der Waals surface area contributed by atoms with E-state index in [4.69, 9.17) is 0 Å². The molecule has 1 aliphatic rings. The normalized spacial score (nSPS) is 16.7. The molecule has 1 aliphatic heterocycles. The topological polar surface area (TPSA) is 52.6 Å². The monoisotopic (exact) mass is 269 g/mol. The SMILES string of the molecule is CN(c1ccc(N2CCNCC2)cc1)S(C)(=O)=O. The zero-order chi connectivity index (χ0) is 13.2. The Bertz CT molecular complexity index is 493. The molecule has 0 saturated carbocycles. The number of hydrogen-bond donors (Lipinski definition) is 1. The molecule has 5 nitrogen and oxygen atoms in total. The highest BCUT2D eigenvalue weighted by Gasteiger charge is 2.13. The van der Waals surface area contributed by atoms with E-state index in [2.05, 4.69) is 10.2 Å². The molecule has 0 bridgehead atoms. The predicted molar refractivity (Wildman–Crippen MR) is 74.8 cm³/mol. The molecule has 1 aromatic rings. The lowest BCUT2D eigenvalue weighted by molar-refractivity contribution is 0.589. The summed E-state index contributed by atoms with van der Waals surface area (Å²) in [5.41, 5.74) is 1.83. The van der Waals surface area contributed by atoms with Gasteiger partial charge in [-0.3, -0.25) is 4.31 Å². The van der Waals surface area contributed by atoms with Gasteiger partial charge < -0.3 is 10.2 Å². The van der Waals surface area contributed by atoms with Gasteiger partial charge in [-0.1, -0.05) is 0 Å². The summed E-state index contributed by atoms with van der Waals surface area (Å²) in [5.74, 6) is 0. The molecular formula is C12H19N3O2S. The Morgan fingerprint density at radius 2 is 1.72 bits per heavy atom. The molecule has 6 heteroatoms. The quantitative estimate of drug-likeness (QED) is 0.868. The molecule has 1 heterocycles. The Kier molecular flexibility index (Phi) is 3.77. The van der Waals surface area contributed by atoms with Gasteiger partial charge in [0.1, 0.15) is 0 Å². The maximum Gasteiger partial charge on any atom is 0.231 e. The van der Waals surface area contributed by atoms with Crippen molar-refractivity contribution >= 4 is 21.4 Å². The third-order valence-corrected chi connectivity index (χ3v) is 4.40. The van der Waals surface area contributed by atoms with Crippen LogP contribution in [0.5, 0.6) is 0 Å². The Morgan fingerprint density at radius 1 is 1.17 bits per heavy atom. The van der Waals surface area contributed by atoms with Crippen molar-refractivity contribution in [1.82, 2.24) is 5.32 Å². The van der Waals surface area contributed by atoms with E-state index in [0.717, 1.165) is 31.9 Å². The molecule has 0 spiro atoms. The molecule has 1 aromatic carbocycles. The van der Waals surface area contributed by atoms with Gasteiger partial charge in [0, 0.05) is 38.9 Å². The average molecular weight is 269 g/mol. The molecule has 0 radical (unpaired) electrons. The van der Waals surface area contributed by atoms with E-state index in [-0.39, 0.29) is 0 Å². The van der Waals surface area contributed by atoms with Crippen LogP contribution < -0.4 is 14.5 Å². The molecule has 0 unspecified atom stereocenters. The standard InChI is InChI=1S/C12H19N3O2S/c1-14(18(2,16)17)11-3-5-12(6-4-11)15-9-7-13-8-10-15/h3-6,13H,7-10H2,1-2H3. The van der Waals surface area contributed by atoms with Crippen molar-refractivity contribution in [2.45, 2.75) is 0 Å². The van der Waals surface area contributed by atoms with E-state index in [0.29, 0.717) is 5.69 Å². The van der Waals surface area contributed by atoms with Gasteiger partial charge in [-0.05, 0) is 24.3 Å². The number of benzene rings is 1. The molecule has 0 aromatic heterocycles. The van der Waals surface area contributed by atoms with Crippen molar-refractivity contribution in [3.05, 3.63) is 24.3 Å². The first-order valence-electron chi connectivity index (χ1n) is 5.98. The fourth-order valence-electron chi connectivity index (χ4n) is 1.99. The van der Waals surface area contributed by atoms with Crippen LogP contribution in [0.15, 0.2) is 24.3 Å². The summed E-state index contributed by atoms with van der Waals surface area (Å²) < 4.78 is 24.1. The number of piperazine rings is 1. The van der Waals surface area contributed by atoms with E-state index in [1.165, 1.54) is 10.6 Å². The maximum absolute atomic E-state index is 11.4. The van der Waals surface area contributed by atoms with Gasteiger partial charge in [0.05, 0.1) is 11.9 Å². The predicted octanol–water partition coefficient (Wildman–Crippen LogP) is 0.492. The highest BCUT2D eigenvalue weighted by molar-refractivity contribution is 7.92.